The molecule has 0 unspecified atom stereocenters. The first kappa shape index (κ1) is 23.6. The fourth-order valence-corrected chi connectivity index (χ4v) is 4.47. The van der Waals surface area contributed by atoms with E-state index in [0.29, 0.717) is 23.2 Å². The van der Waals surface area contributed by atoms with Crippen LogP contribution in [0.1, 0.15) is 31.7 Å². The predicted octanol–water partition coefficient (Wildman–Crippen LogP) is 4.53. The highest BCUT2D eigenvalue weighted by atomic mass is 35.5. The van der Waals surface area contributed by atoms with E-state index in [1.54, 1.807) is 23.9 Å². The topological polar surface area (TPSA) is 66.5 Å². The number of sulfonamides is 1. The number of benzene rings is 2. The number of halogens is 1. The van der Waals surface area contributed by atoms with Gasteiger partial charge in [-0.3, -0.25) is 9.10 Å². The average molecular weight is 455 g/mol. The van der Waals surface area contributed by atoms with Gasteiger partial charge < -0.3 is 5.32 Å². The van der Waals surface area contributed by atoms with Gasteiger partial charge in [-0.05, 0) is 60.1 Å². The van der Waals surface area contributed by atoms with Gasteiger partial charge in [-0.25, -0.2) is 8.42 Å². The molecule has 5 nitrogen and oxygen atoms in total. The quantitative estimate of drug-likeness (QED) is 0.423. The molecule has 0 aliphatic heterocycles. The van der Waals surface area contributed by atoms with Gasteiger partial charge in [-0.1, -0.05) is 37.6 Å². The fourth-order valence-electron chi connectivity index (χ4n) is 2.63. The van der Waals surface area contributed by atoms with E-state index in [4.69, 9.17) is 11.6 Å². The van der Waals surface area contributed by atoms with Crippen LogP contribution in [0.5, 0.6) is 0 Å². The van der Waals surface area contributed by atoms with Crippen molar-refractivity contribution >= 4 is 45.0 Å². The van der Waals surface area contributed by atoms with Crippen molar-refractivity contribution in [3.8, 4) is 0 Å². The molecule has 0 saturated heterocycles. The van der Waals surface area contributed by atoms with Crippen LogP contribution in [0.3, 0.4) is 0 Å². The Morgan fingerprint density at radius 1 is 1.10 bits per heavy atom. The van der Waals surface area contributed by atoms with Crippen LogP contribution in [0.4, 0.5) is 5.69 Å². The SMILES string of the molecule is CC(C)c1ccc(N(CC(=O)NCCCSc2ccc(Cl)cc2)S(C)(=O)=O)cc1. The highest BCUT2D eigenvalue weighted by Gasteiger charge is 2.20. The molecule has 0 aliphatic carbocycles. The van der Waals surface area contributed by atoms with Crippen molar-refractivity contribution < 1.29 is 13.2 Å². The lowest BCUT2D eigenvalue weighted by Gasteiger charge is -2.22. The first-order valence-electron chi connectivity index (χ1n) is 9.39. The Morgan fingerprint density at radius 3 is 2.28 bits per heavy atom. The molecule has 0 radical (unpaired) electrons. The second-order valence-electron chi connectivity index (χ2n) is 7.02. The van der Waals surface area contributed by atoms with Crippen LogP contribution >= 0.6 is 23.4 Å². The Labute approximate surface area is 182 Å². The zero-order valence-electron chi connectivity index (χ0n) is 16.9. The average Bonchev–Trinajstić information content (AvgIpc) is 2.66. The highest BCUT2D eigenvalue weighted by Crippen LogP contribution is 2.22. The smallest absolute Gasteiger partial charge is 0.240 e. The summed E-state index contributed by atoms with van der Waals surface area (Å²) in [6, 6.07) is 14.9. The molecule has 0 heterocycles. The van der Waals surface area contributed by atoms with E-state index in [1.165, 1.54) is 0 Å². The first-order valence-corrected chi connectivity index (χ1v) is 12.6. The molecule has 8 heteroatoms. The van der Waals surface area contributed by atoms with E-state index in [1.807, 2.05) is 36.4 Å². The fraction of sp³-hybridized carbons (Fsp3) is 0.381. The van der Waals surface area contributed by atoms with E-state index < -0.39 is 10.0 Å². The molecule has 158 valence electrons. The number of amides is 1. The van der Waals surface area contributed by atoms with Gasteiger partial charge in [0.15, 0.2) is 0 Å². The van der Waals surface area contributed by atoms with E-state index in [2.05, 4.69) is 19.2 Å². The molecule has 0 atom stereocenters. The molecule has 2 aromatic rings. The van der Waals surface area contributed by atoms with Gasteiger partial charge >= 0.3 is 0 Å². The second-order valence-corrected chi connectivity index (χ2v) is 10.5. The minimum Gasteiger partial charge on any atom is -0.354 e. The van der Waals surface area contributed by atoms with Crippen LogP contribution in [-0.4, -0.2) is 39.4 Å². The third-order valence-electron chi connectivity index (χ3n) is 4.26. The summed E-state index contributed by atoms with van der Waals surface area (Å²) in [6.07, 6.45) is 1.89. The number of carbonyl (C=O) groups excluding carboxylic acids is 1. The number of anilines is 1. The third kappa shape index (κ3) is 7.91. The lowest BCUT2D eigenvalue weighted by molar-refractivity contribution is -0.119. The van der Waals surface area contributed by atoms with Crippen molar-refractivity contribution in [2.75, 3.05) is 29.4 Å². The normalized spacial score (nSPS) is 11.5. The molecule has 1 amide bonds. The summed E-state index contributed by atoms with van der Waals surface area (Å²) >= 11 is 7.55. The molecule has 29 heavy (non-hydrogen) atoms. The summed E-state index contributed by atoms with van der Waals surface area (Å²) in [5.74, 6) is 0.874. The number of nitrogens with one attached hydrogen (secondary N) is 1. The molecule has 0 fully saturated rings. The minimum absolute atomic E-state index is 0.232. The number of nitrogens with zero attached hydrogens (tertiary/aromatic N) is 1. The van der Waals surface area contributed by atoms with E-state index >= 15 is 0 Å². The monoisotopic (exact) mass is 454 g/mol. The van der Waals surface area contributed by atoms with Gasteiger partial charge in [0.2, 0.25) is 15.9 Å². The second kappa shape index (κ2) is 10.9. The van der Waals surface area contributed by atoms with Crippen molar-refractivity contribution in [1.82, 2.24) is 5.32 Å². The Kier molecular flexibility index (Phi) is 8.86. The zero-order valence-corrected chi connectivity index (χ0v) is 19.3. The molecule has 0 spiro atoms. The first-order chi connectivity index (χ1) is 13.7. The number of carbonyl (C=O) groups is 1. The summed E-state index contributed by atoms with van der Waals surface area (Å²) in [4.78, 5) is 13.4. The summed E-state index contributed by atoms with van der Waals surface area (Å²) in [5.41, 5.74) is 1.61. The maximum absolute atomic E-state index is 12.3. The van der Waals surface area contributed by atoms with E-state index in [-0.39, 0.29) is 12.5 Å². The number of thioether (sulfide) groups is 1. The Hall–Kier alpha value is -1.70. The molecule has 0 aromatic heterocycles. The van der Waals surface area contributed by atoms with Crippen molar-refractivity contribution in [3.63, 3.8) is 0 Å². The molecule has 0 saturated carbocycles. The van der Waals surface area contributed by atoms with Crippen molar-refractivity contribution in [3.05, 3.63) is 59.1 Å². The molecule has 2 aromatic carbocycles. The Balaban J connectivity index is 1.84. The molecular weight excluding hydrogens is 428 g/mol. The maximum atomic E-state index is 12.3. The number of hydrogen-bond donors (Lipinski definition) is 1. The minimum atomic E-state index is -3.56. The van der Waals surface area contributed by atoms with Gasteiger partial charge in [-0.2, -0.15) is 0 Å². The van der Waals surface area contributed by atoms with Crippen LogP contribution < -0.4 is 9.62 Å². The summed E-state index contributed by atoms with van der Waals surface area (Å²) < 4.78 is 25.5. The lowest BCUT2D eigenvalue weighted by atomic mass is 10.0. The number of rotatable bonds is 10. The van der Waals surface area contributed by atoms with Gasteiger partial charge in [0, 0.05) is 16.5 Å². The maximum Gasteiger partial charge on any atom is 0.240 e. The standard InChI is InChI=1S/C21H27ClN2O3S2/c1-16(2)17-5-9-19(10-6-17)24(29(3,26)27)15-21(25)23-13-4-14-28-20-11-7-18(22)8-12-20/h5-12,16H,4,13-15H2,1-3H3,(H,23,25). The summed E-state index contributed by atoms with van der Waals surface area (Å²) in [6.45, 7) is 4.40. The van der Waals surface area contributed by atoms with Crippen LogP contribution in [-0.2, 0) is 14.8 Å². The van der Waals surface area contributed by atoms with Gasteiger partial charge in [0.25, 0.3) is 0 Å². The third-order valence-corrected chi connectivity index (χ3v) is 6.75. The molecule has 1 N–H and O–H groups in total. The molecule has 2 rings (SSSR count). The lowest BCUT2D eigenvalue weighted by Crippen LogP contribution is -2.40. The highest BCUT2D eigenvalue weighted by molar-refractivity contribution is 7.99. The molecule has 0 aliphatic rings. The van der Waals surface area contributed by atoms with Crippen LogP contribution in [0.25, 0.3) is 0 Å². The Bertz CT molecular complexity index is 899. The zero-order chi connectivity index (χ0) is 21.4. The molecular formula is C21H27ClN2O3S2. The summed E-state index contributed by atoms with van der Waals surface area (Å²) in [7, 11) is -3.56. The van der Waals surface area contributed by atoms with Crippen LogP contribution in [0.2, 0.25) is 5.02 Å². The Morgan fingerprint density at radius 2 is 1.72 bits per heavy atom. The van der Waals surface area contributed by atoms with Crippen LogP contribution in [0, 0.1) is 0 Å². The largest absolute Gasteiger partial charge is 0.354 e. The summed E-state index contributed by atoms with van der Waals surface area (Å²) in [5, 5.41) is 3.51. The van der Waals surface area contributed by atoms with Crippen LogP contribution in [0.15, 0.2) is 53.4 Å². The van der Waals surface area contributed by atoms with Gasteiger partial charge in [0.05, 0.1) is 11.9 Å². The van der Waals surface area contributed by atoms with Crippen molar-refractivity contribution in [2.45, 2.75) is 31.1 Å². The van der Waals surface area contributed by atoms with Crippen molar-refractivity contribution in [1.29, 1.82) is 0 Å². The number of hydrogen-bond acceptors (Lipinski definition) is 4. The van der Waals surface area contributed by atoms with E-state index in [0.717, 1.165) is 33.2 Å². The van der Waals surface area contributed by atoms with Gasteiger partial charge in [-0.15, -0.1) is 11.8 Å². The molecule has 0 bridgehead atoms. The predicted molar refractivity (Wildman–Crippen MR) is 123 cm³/mol. The van der Waals surface area contributed by atoms with E-state index in [9.17, 15) is 13.2 Å². The van der Waals surface area contributed by atoms with Crippen molar-refractivity contribution in [2.24, 2.45) is 0 Å². The van der Waals surface area contributed by atoms with Gasteiger partial charge in [0.1, 0.15) is 6.54 Å².